The standard InChI is InChI=1S/C31H39FN4O13/c1-16(37)45-15-21(33-27(41)22(34-30(43)49-31(4,5)6)14-44-13-19-10-8-7-9-11-19)23-24(46-17(2)38)25(47-18(3)39)28(48-23)36-12-20(32)26(40)35-29(36)42/h7-12,21-25,28H,13-15H2,1-6H3,(H,33,41)(H,34,43)(H,35,40,42)/t21-,22-,23-,24-,25-,28-/m1/s1. The first-order chi connectivity index (χ1) is 22.9. The summed E-state index contributed by atoms with van der Waals surface area (Å²) < 4.78 is 47.8. The van der Waals surface area contributed by atoms with Gasteiger partial charge in [0.25, 0.3) is 5.56 Å². The van der Waals surface area contributed by atoms with E-state index in [0.29, 0.717) is 10.8 Å². The van der Waals surface area contributed by atoms with E-state index in [1.165, 1.54) is 0 Å². The van der Waals surface area contributed by atoms with E-state index in [9.17, 15) is 38.0 Å². The summed E-state index contributed by atoms with van der Waals surface area (Å²) in [5.41, 5.74) is -2.67. The lowest BCUT2D eigenvalue weighted by Crippen LogP contribution is -2.58. The van der Waals surface area contributed by atoms with Crippen LogP contribution in [0.1, 0.15) is 53.3 Å². The molecule has 49 heavy (non-hydrogen) atoms. The number of rotatable bonds is 13. The van der Waals surface area contributed by atoms with Gasteiger partial charge >= 0.3 is 29.7 Å². The largest absolute Gasteiger partial charge is 0.464 e. The van der Waals surface area contributed by atoms with E-state index in [1.807, 2.05) is 6.07 Å². The maximum Gasteiger partial charge on any atom is 0.408 e. The van der Waals surface area contributed by atoms with Crippen LogP contribution in [0.15, 0.2) is 46.1 Å². The first-order valence-corrected chi connectivity index (χ1v) is 15.0. The Morgan fingerprint density at radius 3 is 2.16 bits per heavy atom. The topological polar surface area (TPSA) is 220 Å². The molecule has 0 radical (unpaired) electrons. The number of H-pyrrole nitrogens is 1. The van der Waals surface area contributed by atoms with Gasteiger partial charge in [-0.1, -0.05) is 30.3 Å². The molecule has 3 N–H and O–H groups in total. The van der Waals surface area contributed by atoms with Crippen LogP contribution in [0.25, 0.3) is 0 Å². The average molecular weight is 695 g/mol. The van der Waals surface area contributed by atoms with Crippen molar-refractivity contribution in [1.82, 2.24) is 20.2 Å². The average Bonchev–Trinajstić information content (AvgIpc) is 3.31. The number of carbonyl (C=O) groups is 5. The van der Waals surface area contributed by atoms with Crippen LogP contribution in [0.2, 0.25) is 0 Å². The summed E-state index contributed by atoms with van der Waals surface area (Å²) >= 11 is 0. The molecule has 0 aliphatic carbocycles. The molecule has 6 atom stereocenters. The second-order valence-corrected chi connectivity index (χ2v) is 11.9. The first-order valence-electron chi connectivity index (χ1n) is 15.0. The fourth-order valence-corrected chi connectivity index (χ4v) is 4.72. The maximum atomic E-state index is 14.3. The zero-order chi connectivity index (χ0) is 36.5. The highest BCUT2D eigenvalue weighted by atomic mass is 19.1. The monoisotopic (exact) mass is 694 g/mol. The number of amides is 2. The van der Waals surface area contributed by atoms with Crippen molar-refractivity contribution in [2.45, 2.75) is 90.4 Å². The molecule has 0 unspecified atom stereocenters. The van der Waals surface area contributed by atoms with Gasteiger partial charge in [-0.2, -0.15) is 4.39 Å². The Morgan fingerprint density at radius 2 is 1.57 bits per heavy atom. The fraction of sp³-hybridized carbons (Fsp3) is 0.516. The Bertz CT molecular complexity index is 1620. The number of ether oxygens (including phenoxy) is 6. The molecule has 18 heteroatoms. The molecule has 2 amide bonds. The molecule has 0 spiro atoms. The van der Waals surface area contributed by atoms with Crippen LogP contribution in [-0.4, -0.2) is 88.7 Å². The molecular formula is C31H39FN4O13. The molecule has 1 aromatic heterocycles. The minimum atomic E-state index is -1.72. The minimum Gasteiger partial charge on any atom is -0.464 e. The van der Waals surface area contributed by atoms with Gasteiger partial charge in [-0.05, 0) is 26.3 Å². The van der Waals surface area contributed by atoms with Gasteiger partial charge in [0.1, 0.15) is 24.4 Å². The van der Waals surface area contributed by atoms with Gasteiger partial charge in [0.15, 0.2) is 18.4 Å². The number of aromatic amines is 1. The molecule has 1 aliphatic heterocycles. The number of carbonyl (C=O) groups excluding carboxylic acids is 5. The lowest BCUT2D eigenvalue weighted by molar-refractivity contribution is -0.166. The second-order valence-electron chi connectivity index (χ2n) is 11.9. The predicted molar refractivity (Wildman–Crippen MR) is 164 cm³/mol. The van der Waals surface area contributed by atoms with Crippen LogP contribution in [0.3, 0.4) is 0 Å². The zero-order valence-electron chi connectivity index (χ0n) is 27.7. The van der Waals surface area contributed by atoms with Gasteiger partial charge < -0.3 is 39.1 Å². The van der Waals surface area contributed by atoms with Crippen LogP contribution in [-0.2, 0) is 54.2 Å². The van der Waals surface area contributed by atoms with Crippen LogP contribution < -0.4 is 21.9 Å². The van der Waals surface area contributed by atoms with Gasteiger partial charge in [-0.25, -0.2) is 9.59 Å². The molecule has 0 saturated carbocycles. The second kappa shape index (κ2) is 16.8. The quantitative estimate of drug-likeness (QED) is 0.193. The molecule has 1 fully saturated rings. The fourth-order valence-electron chi connectivity index (χ4n) is 4.72. The number of benzene rings is 1. The lowest BCUT2D eigenvalue weighted by Gasteiger charge is -2.30. The number of nitrogens with one attached hydrogen (secondary N) is 3. The number of nitrogens with zero attached hydrogens (tertiary/aromatic N) is 1. The molecule has 1 aliphatic rings. The summed E-state index contributed by atoms with van der Waals surface area (Å²) in [5, 5.41) is 5.00. The number of hydrogen-bond acceptors (Lipinski definition) is 13. The third kappa shape index (κ3) is 11.5. The van der Waals surface area contributed by atoms with Crippen molar-refractivity contribution in [1.29, 1.82) is 0 Å². The van der Waals surface area contributed by atoms with E-state index in [1.54, 1.807) is 50.0 Å². The molecular weight excluding hydrogens is 655 g/mol. The van der Waals surface area contributed by atoms with Crippen molar-refractivity contribution in [2.75, 3.05) is 13.2 Å². The Morgan fingerprint density at radius 1 is 0.939 bits per heavy atom. The van der Waals surface area contributed by atoms with E-state index in [-0.39, 0.29) is 13.2 Å². The van der Waals surface area contributed by atoms with E-state index in [4.69, 9.17) is 28.4 Å². The minimum absolute atomic E-state index is 0.0635. The molecule has 17 nitrogen and oxygen atoms in total. The maximum absolute atomic E-state index is 14.3. The van der Waals surface area contributed by atoms with E-state index < -0.39 is 95.8 Å². The number of halogens is 1. The van der Waals surface area contributed by atoms with Crippen molar-refractivity contribution >= 4 is 29.9 Å². The normalized spacial score (nSPS) is 20.0. The summed E-state index contributed by atoms with van der Waals surface area (Å²) in [4.78, 5) is 88.9. The van der Waals surface area contributed by atoms with Crippen molar-refractivity contribution in [2.24, 2.45) is 0 Å². The Balaban J connectivity index is 2.00. The van der Waals surface area contributed by atoms with E-state index in [0.717, 1.165) is 26.3 Å². The number of hydrogen-bond donors (Lipinski definition) is 3. The zero-order valence-corrected chi connectivity index (χ0v) is 27.7. The lowest BCUT2D eigenvalue weighted by atomic mass is 10.0. The summed E-state index contributed by atoms with van der Waals surface area (Å²) in [6.07, 6.45) is -6.97. The molecule has 2 aromatic rings. The van der Waals surface area contributed by atoms with Gasteiger partial charge in [0.05, 0.1) is 25.5 Å². The van der Waals surface area contributed by atoms with Crippen molar-refractivity contribution in [3.8, 4) is 0 Å². The van der Waals surface area contributed by atoms with Crippen molar-refractivity contribution < 1.29 is 56.8 Å². The first kappa shape index (κ1) is 38.3. The van der Waals surface area contributed by atoms with Crippen molar-refractivity contribution in [3.05, 3.63) is 68.7 Å². The van der Waals surface area contributed by atoms with Gasteiger partial charge in [0, 0.05) is 20.8 Å². The third-order valence-corrected chi connectivity index (χ3v) is 6.62. The van der Waals surface area contributed by atoms with Crippen LogP contribution >= 0.6 is 0 Å². The van der Waals surface area contributed by atoms with Gasteiger partial charge in [0.2, 0.25) is 11.7 Å². The molecule has 1 aromatic carbocycles. The molecule has 1 saturated heterocycles. The highest BCUT2D eigenvalue weighted by Gasteiger charge is 2.54. The SMILES string of the molecule is CC(=O)OC[C@@H](NC(=O)[C@@H](COCc1ccccc1)NC(=O)OC(C)(C)C)[C@H]1O[C@@H](n2cc(F)c(=O)[nH]c2=O)[C@H](OC(C)=O)[C@@H]1OC(C)=O. The highest BCUT2D eigenvalue weighted by Crippen LogP contribution is 2.35. The summed E-state index contributed by atoms with van der Waals surface area (Å²) in [5.74, 6) is -4.92. The molecule has 0 bridgehead atoms. The highest BCUT2D eigenvalue weighted by molar-refractivity contribution is 5.86. The Labute approximate surface area is 279 Å². The third-order valence-electron chi connectivity index (χ3n) is 6.62. The van der Waals surface area contributed by atoms with Crippen molar-refractivity contribution in [3.63, 3.8) is 0 Å². The smallest absolute Gasteiger partial charge is 0.408 e. The summed E-state index contributed by atoms with van der Waals surface area (Å²) in [6.45, 7) is 7.02. The summed E-state index contributed by atoms with van der Waals surface area (Å²) in [7, 11) is 0. The van der Waals surface area contributed by atoms with E-state index >= 15 is 0 Å². The number of alkyl carbamates (subject to hydrolysis) is 1. The van der Waals surface area contributed by atoms with Crippen LogP contribution in [0.4, 0.5) is 9.18 Å². The summed E-state index contributed by atoms with van der Waals surface area (Å²) in [6, 6.07) is 6.11. The van der Waals surface area contributed by atoms with Crippen LogP contribution in [0, 0.1) is 5.82 Å². The number of aromatic nitrogens is 2. The number of esters is 3. The Hall–Kier alpha value is -5.10. The van der Waals surface area contributed by atoms with Gasteiger partial charge in [-0.15, -0.1) is 0 Å². The van der Waals surface area contributed by atoms with Gasteiger partial charge in [-0.3, -0.25) is 33.5 Å². The Kier molecular flexibility index (Phi) is 13.2. The molecule has 2 heterocycles. The molecule has 3 rings (SSSR count). The predicted octanol–water partition coefficient (Wildman–Crippen LogP) is 0.595. The van der Waals surface area contributed by atoms with Crippen LogP contribution in [0.5, 0.6) is 0 Å². The van der Waals surface area contributed by atoms with E-state index in [2.05, 4.69) is 10.6 Å². The molecule has 268 valence electrons.